The van der Waals surface area contributed by atoms with Crippen LogP contribution in [-0.2, 0) is 14.8 Å². The van der Waals surface area contributed by atoms with Gasteiger partial charge in [-0.05, 0) is 49.4 Å². The monoisotopic (exact) mass is 458 g/mol. The molecule has 0 saturated carbocycles. The van der Waals surface area contributed by atoms with Crippen molar-refractivity contribution in [1.29, 1.82) is 0 Å². The fraction of sp³-hybridized carbons (Fsp3) is 0.174. The average molecular weight is 459 g/mol. The molecule has 3 aromatic rings. The normalized spacial score (nSPS) is 12.1. The molecule has 0 radical (unpaired) electrons. The van der Waals surface area contributed by atoms with Crippen LogP contribution in [0.15, 0.2) is 83.8 Å². The van der Waals surface area contributed by atoms with Gasteiger partial charge in [0.15, 0.2) is 0 Å². The Balaban J connectivity index is 1.88. The van der Waals surface area contributed by atoms with E-state index in [4.69, 9.17) is 16.3 Å². The molecule has 0 aliphatic rings. The summed E-state index contributed by atoms with van der Waals surface area (Å²) in [6, 6.07) is 21.3. The Bertz CT molecular complexity index is 1140. The number of nitrogens with zero attached hydrogens (tertiary/aromatic N) is 1. The van der Waals surface area contributed by atoms with E-state index in [0.29, 0.717) is 16.5 Å². The molecule has 6 nitrogen and oxygen atoms in total. The number of carbonyl (C=O) groups excluding carboxylic acids is 1. The van der Waals surface area contributed by atoms with Crippen LogP contribution in [0.4, 0.5) is 5.69 Å². The lowest BCUT2D eigenvalue weighted by atomic mass is 10.1. The van der Waals surface area contributed by atoms with Gasteiger partial charge in [0.1, 0.15) is 12.3 Å². The lowest BCUT2D eigenvalue weighted by molar-refractivity contribution is -0.120. The van der Waals surface area contributed by atoms with Gasteiger partial charge in [0.05, 0.1) is 23.7 Å². The number of sulfonamides is 1. The van der Waals surface area contributed by atoms with E-state index in [1.165, 1.54) is 12.1 Å². The number of halogens is 1. The van der Waals surface area contributed by atoms with Crippen molar-refractivity contribution in [2.45, 2.75) is 17.9 Å². The number of methoxy groups -OCH3 is 1. The summed E-state index contributed by atoms with van der Waals surface area (Å²) in [6.45, 7) is 1.42. The van der Waals surface area contributed by atoms with Crippen molar-refractivity contribution in [2.75, 3.05) is 18.0 Å². The number of ether oxygens (including phenoxy) is 1. The third-order valence-electron chi connectivity index (χ3n) is 4.72. The van der Waals surface area contributed by atoms with Gasteiger partial charge in [0.2, 0.25) is 5.91 Å². The number of rotatable bonds is 8. The van der Waals surface area contributed by atoms with Crippen molar-refractivity contribution < 1.29 is 17.9 Å². The average Bonchev–Trinajstić information content (AvgIpc) is 2.78. The van der Waals surface area contributed by atoms with Gasteiger partial charge < -0.3 is 10.1 Å². The molecule has 3 rings (SSSR count). The third-order valence-corrected chi connectivity index (χ3v) is 6.76. The Morgan fingerprint density at radius 2 is 1.61 bits per heavy atom. The molecule has 0 aromatic heterocycles. The topological polar surface area (TPSA) is 75.7 Å². The molecule has 0 heterocycles. The second kappa shape index (κ2) is 9.85. The summed E-state index contributed by atoms with van der Waals surface area (Å²) in [7, 11) is -2.41. The van der Waals surface area contributed by atoms with E-state index in [1.807, 2.05) is 25.1 Å². The Morgan fingerprint density at radius 3 is 2.26 bits per heavy atom. The molecule has 0 fully saturated rings. The molecule has 0 unspecified atom stereocenters. The molecule has 0 aliphatic carbocycles. The van der Waals surface area contributed by atoms with Crippen LogP contribution in [0, 0.1) is 0 Å². The van der Waals surface area contributed by atoms with Gasteiger partial charge in [-0.25, -0.2) is 8.42 Å². The first kappa shape index (κ1) is 22.7. The van der Waals surface area contributed by atoms with Crippen LogP contribution < -0.4 is 14.4 Å². The maximum absolute atomic E-state index is 13.3. The maximum atomic E-state index is 13.3. The first-order valence-corrected chi connectivity index (χ1v) is 11.4. The second-order valence-electron chi connectivity index (χ2n) is 6.83. The number of benzene rings is 3. The van der Waals surface area contributed by atoms with Gasteiger partial charge in [0, 0.05) is 10.6 Å². The zero-order valence-corrected chi connectivity index (χ0v) is 18.7. The predicted molar refractivity (Wildman–Crippen MR) is 122 cm³/mol. The molecule has 31 heavy (non-hydrogen) atoms. The highest BCUT2D eigenvalue weighted by Crippen LogP contribution is 2.26. The molecule has 0 aliphatic heterocycles. The molecular weight excluding hydrogens is 436 g/mol. The molecule has 1 amide bonds. The number of para-hydroxylation sites is 1. The van der Waals surface area contributed by atoms with Crippen LogP contribution in [0.1, 0.15) is 18.5 Å². The van der Waals surface area contributed by atoms with E-state index in [1.54, 1.807) is 55.6 Å². The summed E-state index contributed by atoms with van der Waals surface area (Å²) in [5, 5.41) is 3.32. The first-order chi connectivity index (χ1) is 14.8. The van der Waals surface area contributed by atoms with Crippen LogP contribution in [-0.4, -0.2) is 28.0 Å². The summed E-state index contributed by atoms with van der Waals surface area (Å²) in [5.41, 5.74) is 1.13. The SMILES string of the molecule is COc1ccccc1[C@@H](C)NC(=O)CN(c1ccc(Cl)cc1)S(=O)(=O)c1ccccc1. The Labute approximate surface area is 187 Å². The molecule has 0 bridgehead atoms. The first-order valence-electron chi connectivity index (χ1n) is 9.58. The summed E-state index contributed by atoms with van der Waals surface area (Å²) in [5.74, 6) is 0.189. The molecule has 0 saturated heterocycles. The number of carbonyl (C=O) groups is 1. The van der Waals surface area contributed by atoms with Crippen LogP contribution in [0.3, 0.4) is 0 Å². The standard InChI is InChI=1S/C23H23ClN2O4S/c1-17(21-10-6-7-11-22(21)30-2)25-23(27)16-26(19-14-12-18(24)13-15-19)31(28,29)20-8-4-3-5-9-20/h3-15,17H,16H2,1-2H3,(H,25,27)/t17-/m1/s1. The quantitative estimate of drug-likeness (QED) is 0.542. The van der Waals surface area contributed by atoms with Crippen LogP contribution in [0.5, 0.6) is 5.75 Å². The lowest BCUT2D eigenvalue weighted by Crippen LogP contribution is -2.41. The fourth-order valence-electron chi connectivity index (χ4n) is 3.16. The highest BCUT2D eigenvalue weighted by atomic mass is 35.5. The predicted octanol–water partition coefficient (Wildman–Crippen LogP) is 4.42. The van der Waals surface area contributed by atoms with E-state index in [-0.39, 0.29) is 10.9 Å². The highest BCUT2D eigenvalue weighted by Gasteiger charge is 2.27. The summed E-state index contributed by atoms with van der Waals surface area (Å²) in [4.78, 5) is 13.0. The number of hydrogen-bond donors (Lipinski definition) is 1. The molecule has 3 aromatic carbocycles. The van der Waals surface area contributed by atoms with Gasteiger partial charge in [-0.15, -0.1) is 0 Å². The number of anilines is 1. The molecule has 0 spiro atoms. The van der Waals surface area contributed by atoms with Gasteiger partial charge in [0.25, 0.3) is 10.0 Å². The van der Waals surface area contributed by atoms with Crippen molar-refractivity contribution in [3.63, 3.8) is 0 Å². The molecular formula is C23H23ClN2O4S. The summed E-state index contributed by atoms with van der Waals surface area (Å²) >= 11 is 5.96. The van der Waals surface area contributed by atoms with Crippen LogP contribution >= 0.6 is 11.6 Å². The largest absolute Gasteiger partial charge is 0.496 e. The minimum Gasteiger partial charge on any atom is -0.496 e. The van der Waals surface area contributed by atoms with E-state index < -0.39 is 22.5 Å². The zero-order chi connectivity index (χ0) is 22.4. The lowest BCUT2D eigenvalue weighted by Gasteiger charge is -2.25. The van der Waals surface area contributed by atoms with E-state index in [2.05, 4.69) is 5.32 Å². The van der Waals surface area contributed by atoms with E-state index in [0.717, 1.165) is 9.87 Å². The van der Waals surface area contributed by atoms with Crippen molar-refractivity contribution in [2.24, 2.45) is 0 Å². The van der Waals surface area contributed by atoms with Crippen LogP contribution in [0.2, 0.25) is 5.02 Å². The third kappa shape index (κ3) is 5.37. The number of amides is 1. The van der Waals surface area contributed by atoms with Gasteiger partial charge in [-0.3, -0.25) is 9.10 Å². The summed E-state index contributed by atoms with van der Waals surface area (Å²) in [6.07, 6.45) is 0. The smallest absolute Gasteiger partial charge is 0.264 e. The minimum absolute atomic E-state index is 0.0931. The Kier molecular flexibility index (Phi) is 7.20. The Hall–Kier alpha value is -3.03. The fourth-order valence-corrected chi connectivity index (χ4v) is 4.73. The molecule has 1 atom stereocenters. The number of hydrogen-bond acceptors (Lipinski definition) is 4. The molecule has 8 heteroatoms. The Morgan fingerprint density at radius 1 is 1.00 bits per heavy atom. The molecule has 162 valence electrons. The van der Waals surface area contributed by atoms with E-state index in [9.17, 15) is 13.2 Å². The van der Waals surface area contributed by atoms with Crippen LogP contribution in [0.25, 0.3) is 0 Å². The zero-order valence-electron chi connectivity index (χ0n) is 17.2. The maximum Gasteiger partial charge on any atom is 0.264 e. The second-order valence-corrected chi connectivity index (χ2v) is 9.13. The molecule has 1 N–H and O–H groups in total. The van der Waals surface area contributed by atoms with Gasteiger partial charge in [-0.1, -0.05) is 48.0 Å². The van der Waals surface area contributed by atoms with Crippen molar-refractivity contribution in [3.8, 4) is 5.75 Å². The van der Waals surface area contributed by atoms with Crippen molar-refractivity contribution in [1.82, 2.24) is 5.32 Å². The van der Waals surface area contributed by atoms with Crippen molar-refractivity contribution in [3.05, 3.63) is 89.4 Å². The van der Waals surface area contributed by atoms with Crippen molar-refractivity contribution >= 4 is 33.2 Å². The van der Waals surface area contributed by atoms with Gasteiger partial charge >= 0.3 is 0 Å². The highest BCUT2D eigenvalue weighted by molar-refractivity contribution is 7.92. The summed E-state index contributed by atoms with van der Waals surface area (Å²) < 4.78 is 33.0. The van der Waals surface area contributed by atoms with E-state index >= 15 is 0 Å². The minimum atomic E-state index is -3.97. The number of nitrogens with one attached hydrogen (secondary N) is 1. The van der Waals surface area contributed by atoms with Gasteiger partial charge in [-0.2, -0.15) is 0 Å².